The summed E-state index contributed by atoms with van der Waals surface area (Å²) in [6.45, 7) is 3.50. The molecule has 0 spiro atoms. The van der Waals surface area contributed by atoms with E-state index < -0.39 is 5.97 Å². The molecule has 3 N–H and O–H groups in total. The van der Waals surface area contributed by atoms with Crippen LogP contribution in [-0.4, -0.2) is 11.1 Å². The van der Waals surface area contributed by atoms with Crippen molar-refractivity contribution in [1.29, 1.82) is 0 Å². The number of carboxylic acid groups (broad SMARTS) is 1. The van der Waals surface area contributed by atoms with Crippen LogP contribution in [0.3, 0.4) is 0 Å². The van der Waals surface area contributed by atoms with E-state index in [0.717, 1.165) is 0 Å². The molecule has 0 amide bonds. The Labute approximate surface area is 58.1 Å². The normalized spacial score (nSPS) is 16.6. The van der Waals surface area contributed by atoms with E-state index in [9.17, 15) is 4.79 Å². The van der Waals surface area contributed by atoms with E-state index in [4.69, 9.17) is 10.8 Å². The van der Waals surface area contributed by atoms with Gasteiger partial charge in [0, 0.05) is 5.70 Å². The van der Waals surface area contributed by atoms with E-state index in [0.29, 0.717) is 5.57 Å². The summed E-state index contributed by atoms with van der Waals surface area (Å²) in [5.41, 5.74) is 6.17. The van der Waals surface area contributed by atoms with E-state index >= 15 is 0 Å². The summed E-state index contributed by atoms with van der Waals surface area (Å²) in [5, 5.41) is 8.52. The van der Waals surface area contributed by atoms with E-state index in [2.05, 4.69) is 6.58 Å². The van der Waals surface area contributed by atoms with Gasteiger partial charge in [0.05, 0.1) is 5.57 Å². The van der Waals surface area contributed by atoms with Gasteiger partial charge in [0.1, 0.15) is 0 Å². The van der Waals surface area contributed by atoms with Crippen LogP contribution in [0.15, 0.2) is 35.6 Å². The summed E-state index contributed by atoms with van der Waals surface area (Å²) in [6, 6.07) is 0. The number of nitrogens with two attached hydrogens (primary N) is 1. The minimum atomic E-state index is -1.02. The Morgan fingerprint density at radius 3 is 2.40 bits per heavy atom. The van der Waals surface area contributed by atoms with Gasteiger partial charge in [-0.2, -0.15) is 0 Å². The molecule has 0 saturated heterocycles. The van der Waals surface area contributed by atoms with Crippen molar-refractivity contribution in [3.63, 3.8) is 0 Å². The summed E-state index contributed by atoms with van der Waals surface area (Å²) in [7, 11) is 0. The van der Waals surface area contributed by atoms with Crippen LogP contribution in [0.1, 0.15) is 0 Å². The third-order valence-corrected chi connectivity index (χ3v) is 1.29. The van der Waals surface area contributed by atoms with E-state index in [1.54, 1.807) is 6.08 Å². The zero-order chi connectivity index (χ0) is 7.72. The minimum absolute atomic E-state index is 0.111. The van der Waals surface area contributed by atoms with Crippen molar-refractivity contribution in [3.05, 3.63) is 35.6 Å². The topological polar surface area (TPSA) is 63.3 Å². The highest BCUT2D eigenvalue weighted by atomic mass is 16.4. The molecule has 0 fully saturated rings. The number of allylic oxidation sites excluding steroid dienone is 2. The molecule has 0 unspecified atom stereocenters. The van der Waals surface area contributed by atoms with Gasteiger partial charge < -0.3 is 10.8 Å². The van der Waals surface area contributed by atoms with Gasteiger partial charge in [-0.15, -0.1) is 0 Å². The lowest BCUT2D eigenvalue weighted by Crippen LogP contribution is -2.06. The summed E-state index contributed by atoms with van der Waals surface area (Å²) < 4.78 is 0. The number of hydrogen-bond donors (Lipinski definition) is 2. The Balaban J connectivity index is 3.08. The first-order valence-corrected chi connectivity index (χ1v) is 2.73. The maximum atomic E-state index is 10.4. The zero-order valence-corrected chi connectivity index (χ0v) is 5.29. The molecule has 0 atom stereocenters. The Bertz CT molecular complexity index is 261. The predicted molar refractivity (Wildman–Crippen MR) is 37.1 cm³/mol. The minimum Gasteiger partial charge on any atom is -0.478 e. The summed E-state index contributed by atoms with van der Waals surface area (Å²) >= 11 is 0. The lowest BCUT2D eigenvalue weighted by Gasteiger charge is -1.95. The molecule has 0 aromatic heterocycles. The van der Waals surface area contributed by atoms with E-state index in [1.165, 1.54) is 6.08 Å². The Morgan fingerprint density at radius 1 is 1.60 bits per heavy atom. The molecule has 0 radical (unpaired) electrons. The van der Waals surface area contributed by atoms with Crippen LogP contribution in [0.2, 0.25) is 0 Å². The summed E-state index contributed by atoms with van der Waals surface area (Å²) in [5.74, 6) is -1.02. The van der Waals surface area contributed by atoms with E-state index in [-0.39, 0.29) is 11.3 Å². The average molecular weight is 137 g/mol. The molecule has 1 rings (SSSR count). The Kier molecular flexibility index (Phi) is 1.34. The Hall–Kier alpha value is -1.51. The highest BCUT2D eigenvalue weighted by molar-refractivity contribution is 5.95. The largest absolute Gasteiger partial charge is 0.478 e. The number of carbonyl (C=O) groups is 1. The van der Waals surface area contributed by atoms with Crippen molar-refractivity contribution in [1.82, 2.24) is 0 Å². The molecular weight excluding hydrogens is 130 g/mol. The molecule has 0 aliphatic heterocycles. The highest BCUT2D eigenvalue weighted by Crippen LogP contribution is 2.19. The molecule has 10 heavy (non-hydrogen) atoms. The number of hydrogen-bond acceptors (Lipinski definition) is 2. The van der Waals surface area contributed by atoms with Gasteiger partial charge in [-0.3, -0.25) is 0 Å². The quantitative estimate of drug-likeness (QED) is 0.550. The fourth-order valence-corrected chi connectivity index (χ4v) is 0.803. The van der Waals surface area contributed by atoms with Crippen molar-refractivity contribution in [2.75, 3.05) is 0 Å². The lowest BCUT2D eigenvalue weighted by molar-refractivity contribution is -0.132. The molecule has 52 valence electrons. The van der Waals surface area contributed by atoms with Gasteiger partial charge in [0.15, 0.2) is 0 Å². The predicted octanol–water partition coefficient (Wildman–Crippen LogP) is 0.410. The zero-order valence-electron chi connectivity index (χ0n) is 5.29. The standard InChI is InChI=1S/C7H7NO2/c1-4-2-3-5(8)6(4)7(9)10/h2-3H,1,8H2,(H,9,10). The van der Waals surface area contributed by atoms with Crippen LogP contribution in [-0.2, 0) is 4.79 Å². The molecule has 1 aliphatic rings. The number of rotatable bonds is 1. The number of aliphatic carboxylic acids is 1. The Morgan fingerprint density at radius 2 is 2.20 bits per heavy atom. The summed E-state index contributed by atoms with van der Waals surface area (Å²) in [6.07, 6.45) is 3.12. The average Bonchev–Trinajstić information content (AvgIpc) is 2.11. The molecule has 3 nitrogen and oxygen atoms in total. The molecule has 0 aromatic carbocycles. The first-order valence-electron chi connectivity index (χ1n) is 2.73. The SMILES string of the molecule is C=C1C=CC(N)=C1C(=O)O. The van der Waals surface area contributed by atoms with Crippen LogP contribution in [0, 0.1) is 0 Å². The van der Waals surface area contributed by atoms with Gasteiger partial charge in [0.2, 0.25) is 0 Å². The molecule has 1 aliphatic carbocycles. The van der Waals surface area contributed by atoms with Crippen LogP contribution in [0.5, 0.6) is 0 Å². The van der Waals surface area contributed by atoms with Crippen molar-refractivity contribution in [2.24, 2.45) is 5.73 Å². The second kappa shape index (κ2) is 2.02. The fourth-order valence-electron chi connectivity index (χ4n) is 0.803. The fraction of sp³-hybridized carbons (Fsp3) is 0. The van der Waals surface area contributed by atoms with E-state index in [1.807, 2.05) is 0 Å². The lowest BCUT2D eigenvalue weighted by atomic mass is 10.1. The van der Waals surface area contributed by atoms with Gasteiger partial charge >= 0.3 is 5.97 Å². The maximum Gasteiger partial charge on any atom is 0.338 e. The molecule has 0 heterocycles. The maximum absolute atomic E-state index is 10.4. The summed E-state index contributed by atoms with van der Waals surface area (Å²) in [4.78, 5) is 10.4. The first-order chi connectivity index (χ1) is 4.63. The van der Waals surface area contributed by atoms with Crippen LogP contribution in [0.4, 0.5) is 0 Å². The van der Waals surface area contributed by atoms with Gasteiger partial charge in [0.25, 0.3) is 0 Å². The molecule has 0 bridgehead atoms. The van der Waals surface area contributed by atoms with Crippen LogP contribution < -0.4 is 5.73 Å². The van der Waals surface area contributed by atoms with Gasteiger partial charge in [-0.25, -0.2) is 4.79 Å². The van der Waals surface area contributed by atoms with Crippen LogP contribution >= 0.6 is 0 Å². The molecule has 3 heteroatoms. The van der Waals surface area contributed by atoms with Crippen LogP contribution in [0.25, 0.3) is 0 Å². The second-order valence-electron chi connectivity index (χ2n) is 1.99. The highest BCUT2D eigenvalue weighted by Gasteiger charge is 2.16. The van der Waals surface area contributed by atoms with Crippen molar-refractivity contribution >= 4 is 5.97 Å². The van der Waals surface area contributed by atoms with Gasteiger partial charge in [-0.1, -0.05) is 12.7 Å². The third-order valence-electron chi connectivity index (χ3n) is 1.29. The van der Waals surface area contributed by atoms with Crippen molar-refractivity contribution < 1.29 is 9.90 Å². The number of carboxylic acids is 1. The second-order valence-corrected chi connectivity index (χ2v) is 1.99. The van der Waals surface area contributed by atoms with Crippen molar-refractivity contribution in [3.8, 4) is 0 Å². The molecule has 0 aromatic rings. The third kappa shape index (κ3) is 0.815. The van der Waals surface area contributed by atoms with Crippen molar-refractivity contribution in [2.45, 2.75) is 0 Å². The monoisotopic (exact) mass is 137 g/mol. The first kappa shape index (κ1) is 6.61. The molecule has 0 saturated carbocycles. The smallest absolute Gasteiger partial charge is 0.338 e. The van der Waals surface area contributed by atoms with Gasteiger partial charge in [-0.05, 0) is 11.6 Å². The molecular formula is C7H7NO2.